The molecule has 0 radical (unpaired) electrons. The van der Waals surface area contributed by atoms with Crippen LogP contribution < -0.4 is 0 Å². The minimum atomic E-state index is 1.03. The molecule has 0 aromatic carbocycles. The van der Waals surface area contributed by atoms with Gasteiger partial charge >= 0.3 is 0 Å². The molecule has 0 fully saturated rings. The van der Waals surface area contributed by atoms with Gasteiger partial charge in [-0.25, -0.2) is 0 Å². The van der Waals surface area contributed by atoms with Gasteiger partial charge in [0.2, 0.25) is 0 Å². The summed E-state index contributed by atoms with van der Waals surface area (Å²) in [5, 5.41) is 0. The van der Waals surface area contributed by atoms with Gasteiger partial charge in [0.25, 0.3) is 0 Å². The summed E-state index contributed by atoms with van der Waals surface area (Å²) in [5.41, 5.74) is 0. The van der Waals surface area contributed by atoms with Crippen molar-refractivity contribution in [3.63, 3.8) is 0 Å². The summed E-state index contributed by atoms with van der Waals surface area (Å²) >= 11 is 0. The Balaban J connectivity index is 3.47. The van der Waals surface area contributed by atoms with Gasteiger partial charge in [-0.2, -0.15) is 0 Å². The fourth-order valence-corrected chi connectivity index (χ4v) is 2.95. The van der Waals surface area contributed by atoms with Crippen LogP contribution in [0.2, 0.25) is 0 Å². The van der Waals surface area contributed by atoms with Crippen molar-refractivity contribution >= 4 is 0 Å². The second-order valence-electron chi connectivity index (χ2n) is 7.68. The zero-order valence-corrected chi connectivity index (χ0v) is 20.0. The Morgan fingerprint density at radius 3 is 1.07 bits per heavy atom. The maximum Gasteiger partial charge on any atom is -0.0169 e. The third-order valence-electron chi connectivity index (χ3n) is 4.76. The summed E-state index contributed by atoms with van der Waals surface area (Å²) in [6, 6.07) is 0. The molecule has 0 aliphatic carbocycles. The minimum Gasteiger partial charge on any atom is -0.0885 e. The second-order valence-corrected chi connectivity index (χ2v) is 7.68. The lowest BCUT2D eigenvalue weighted by Gasteiger charge is -1.97. The summed E-state index contributed by atoms with van der Waals surface area (Å²) in [6.07, 6.45) is 48.6. The van der Waals surface area contributed by atoms with Gasteiger partial charge in [0.15, 0.2) is 0 Å². The number of unbranched alkanes of at least 4 members (excludes halogenated alkanes) is 6. The van der Waals surface area contributed by atoms with Crippen LogP contribution in [0.5, 0.6) is 0 Å². The molecule has 0 atom stereocenters. The van der Waals surface area contributed by atoms with Crippen molar-refractivity contribution in [2.24, 2.45) is 0 Å². The van der Waals surface area contributed by atoms with E-state index >= 15 is 0 Å². The van der Waals surface area contributed by atoms with Crippen LogP contribution in [0, 0.1) is 0 Å². The van der Waals surface area contributed by atoms with Crippen LogP contribution in [0.1, 0.15) is 104 Å². The van der Waals surface area contributed by atoms with Crippen molar-refractivity contribution in [3.8, 4) is 0 Å². The number of rotatable bonds is 20. The van der Waals surface area contributed by atoms with Crippen LogP contribution >= 0.6 is 0 Å². The maximum absolute atomic E-state index is 2.35. The summed E-state index contributed by atoms with van der Waals surface area (Å²) in [7, 11) is 0. The van der Waals surface area contributed by atoms with E-state index in [2.05, 4.69) is 98.9 Å². The van der Waals surface area contributed by atoms with Crippen LogP contribution in [0.4, 0.5) is 0 Å². The van der Waals surface area contributed by atoms with E-state index in [1.807, 2.05) is 0 Å². The molecule has 0 unspecified atom stereocenters. The highest BCUT2D eigenvalue weighted by atomic mass is 13.9. The molecular formula is C30H48. The summed E-state index contributed by atoms with van der Waals surface area (Å²) in [4.78, 5) is 0. The molecule has 0 saturated carbocycles. The van der Waals surface area contributed by atoms with E-state index < -0.39 is 0 Å². The van der Waals surface area contributed by atoms with Crippen molar-refractivity contribution < 1.29 is 0 Å². The van der Waals surface area contributed by atoms with Crippen LogP contribution in [0.15, 0.2) is 85.1 Å². The average Bonchev–Trinajstić information content (AvgIpc) is 2.76. The SMILES string of the molecule is CC/C=C/C/C=C/C/C=C/C/C=C/C/C=C/C/C=C/C/C=C/CCCCCCCC. The molecule has 0 aliphatic rings. The third kappa shape index (κ3) is 26.2. The Hall–Kier alpha value is -1.82. The molecule has 30 heavy (non-hydrogen) atoms. The molecule has 0 spiro atoms. The van der Waals surface area contributed by atoms with Crippen molar-refractivity contribution in [3.05, 3.63) is 85.1 Å². The minimum absolute atomic E-state index is 1.03. The molecule has 0 N–H and O–H groups in total. The molecule has 168 valence electrons. The highest BCUT2D eigenvalue weighted by Gasteiger charge is 1.87. The standard InChI is InChI=1S/C30H48/c1-3-5-7-9-11-13-15-17-19-21-23-25-27-29-30-28-26-24-22-20-18-16-14-12-10-8-6-4-2/h5,7,11,13,17-20,23-26,29-30H,3-4,6,8-10,12,14-16,21-22,27-28H2,1-2H3/b7-5+,13-11+,19-17+,20-18+,25-23+,26-24+,30-29+. The van der Waals surface area contributed by atoms with Crippen molar-refractivity contribution in [1.29, 1.82) is 0 Å². The molecular weight excluding hydrogens is 360 g/mol. The van der Waals surface area contributed by atoms with Gasteiger partial charge < -0.3 is 0 Å². The van der Waals surface area contributed by atoms with Crippen molar-refractivity contribution in [2.45, 2.75) is 104 Å². The molecule has 0 bridgehead atoms. The van der Waals surface area contributed by atoms with Crippen molar-refractivity contribution in [2.75, 3.05) is 0 Å². The second kappa shape index (κ2) is 27.2. The van der Waals surface area contributed by atoms with E-state index in [1.54, 1.807) is 0 Å². The zero-order chi connectivity index (χ0) is 21.8. The van der Waals surface area contributed by atoms with E-state index in [0.717, 1.165) is 44.9 Å². The molecule has 0 rings (SSSR count). The van der Waals surface area contributed by atoms with E-state index in [4.69, 9.17) is 0 Å². The predicted octanol–water partition coefficient (Wildman–Crippen LogP) is 10.4. The first-order valence-corrected chi connectivity index (χ1v) is 12.5. The van der Waals surface area contributed by atoms with Gasteiger partial charge in [0.05, 0.1) is 0 Å². The monoisotopic (exact) mass is 408 g/mol. The van der Waals surface area contributed by atoms with Crippen LogP contribution in [-0.4, -0.2) is 0 Å². The molecule has 0 heteroatoms. The molecule has 0 nitrogen and oxygen atoms in total. The first kappa shape index (κ1) is 28.2. The van der Waals surface area contributed by atoms with Crippen LogP contribution in [0.25, 0.3) is 0 Å². The fourth-order valence-electron chi connectivity index (χ4n) is 2.95. The Bertz CT molecular complexity index is 522. The first-order valence-electron chi connectivity index (χ1n) is 12.5. The summed E-state index contributed by atoms with van der Waals surface area (Å²) in [5.74, 6) is 0. The Morgan fingerprint density at radius 1 is 0.333 bits per heavy atom. The number of allylic oxidation sites excluding steroid dienone is 14. The largest absolute Gasteiger partial charge is 0.0885 e. The Morgan fingerprint density at radius 2 is 0.667 bits per heavy atom. The van der Waals surface area contributed by atoms with E-state index in [1.165, 1.54) is 44.9 Å². The van der Waals surface area contributed by atoms with Gasteiger partial charge in [0.1, 0.15) is 0 Å². The molecule has 0 aromatic rings. The van der Waals surface area contributed by atoms with Gasteiger partial charge in [-0.3, -0.25) is 0 Å². The number of hydrogen-bond donors (Lipinski definition) is 0. The lowest BCUT2D eigenvalue weighted by Crippen LogP contribution is -1.77. The normalized spacial score (nSPS) is 13.3. The van der Waals surface area contributed by atoms with Gasteiger partial charge in [-0.05, 0) is 57.8 Å². The highest BCUT2D eigenvalue weighted by Crippen LogP contribution is 2.07. The van der Waals surface area contributed by atoms with Crippen LogP contribution in [-0.2, 0) is 0 Å². The summed E-state index contributed by atoms with van der Waals surface area (Å²) in [6.45, 7) is 4.44. The predicted molar refractivity (Wildman–Crippen MR) is 140 cm³/mol. The molecule has 0 saturated heterocycles. The lowest BCUT2D eigenvalue weighted by molar-refractivity contribution is 0.611. The Kier molecular flexibility index (Phi) is 25.5. The maximum atomic E-state index is 2.35. The highest BCUT2D eigenvalue weighted by molar-refractivity contribution is 5.02. The molecule has 0 amide bonds. The number of hydrogen-bond acceptors (Lipinski definition) is 0. The third-order valence-corrected chi connectivity index (χ3v) is 4.76. The molecule has 0 heterocycles. The van der Waals surface area contributed by atoms with E-state index in [0.29, 0.717) is 0 Å². The van der Waals surface area contributed by atoms with Gasteiger partial charge in [0, 0.05) is 0 Å². The van der Waals surface area contributed by atoms with E-state index in [-0.39, 0.29) is 0 Å². The molecule has 0 aliphatic heterocycles. The Labute approximate surface area is 188 Å². The fraction of sp³-hybridized carbons (Fsp3) is 0.533. The van der Waals surface area contributed by atoms with Crippen molar-refractivity contribution in [1.82, 2.24) is 0 Å². The zero-order valence-electron chi connectivity index (χ0n) is 20.0. The van der Waals surface area contributed by atoms with Gasteiger partial charge in [-0.15, -0.1) is 0 Å². The quantitative estimate of drug-likeness (QED) is 0.139. The first-order chi connectivity index (χ1) is 14.9. The van der Waals surface area contributed by atoms with E-state index in [9.17, 15) is 0 Å². The average molecular weight is 409 g/mol. The smallest absolute Gasteiger partial charge is 0.0169 e. The lowest BCUT2D eigenvalue weighted by atomic mass is 10.1. The van der Waals surface area contributed by atoms with Crippen LogP contribution in [0.3, 0.4) is 0 Å². The summed E-state index contributed by atoms with van der Waals surface area (Å²) < 4.78 is 0. The molecule has 0 aromatic heterocycles. The van der Waals surface area contributed by atoms with Gasteiger partial charge in [-0.1, -0.05) is 131 Å². The topological polar surface area (TPSA) is 0 Å².